The summed E-state index contributed by atoms with van der Waals surface area (Å²) in [6.45, 7) is 1.19. The van der Waals surface area contributed by atoms with E-state index in [0.29, 0.717) is 22.3 Å². The highest BCUT2D eigenvalue weighted by molar-refractivity contribution is 6.02. The zero-order valence-corrected chi connectivity index (χ0v) is 16.1. The molecular weight excluding hydrogens is 384 g/mol. The molecule has 0 unspecified atom stereocenters. The normalized spacial score (nSPS) is 11.2. The van der Waals surface area contributed by atoms with Crippen molar-refractivity contribution in [1.29, 1.82) is 0 Å². The standard InChI is InChI=1S/C22H18N4O4/c1-14-24-19-9-5-4-8-17(19)22(29)26(14)30-13-21(28)25-23-12-18-16-7-3-2-6-15(16)10-11-20(18)27/h2-12,27H,13H2,1H3,(H,25,28). The third kappa shape index (κ3) is 3.70. The number of para-hydroxylation sites is 1. The molecule has 30 heavy (non-hydrogen) atoms. The average Bonchev–Trinajstić information content (AvgIpc) is 2.75. The number of fused-ring (bicyclic) bond motifs is 2. The van der Waals surface area contributed by atoms with E-state index in [1.165, 1.54) is 6.21 Å². The maximum atomic E-state index is 12.5. The number of carbonyl (C=O) groups is 1. The van der Waals surface area contributed by atoms with Crippen LogP contribution >= 0.6 is 0 Å². The van der Waals surface area contributed by atoms with Gasteiger partial charge in [0.05, 0.1) is 17.1 Å². The van der Waals surface area contributed by atoms with Crippen LogP contribution in [0.2, 0.25) is 0 Å². The fourth-order valence-electron chi connectivity index (χ4n) is 3.12. The van der Waals surface area contributed by atoms with Crippen LogP contribution in [0.3, 0.4) is 0 Å². The van der Waals surface area contributed by atoms with Crippen LogP contribution in [0.25, 0.3) is 21.7 Å². The molecule has 8 nitrogen and oxygen atoms in total. The molecule has 3 aromatic carbocycles. The van der Waals surface area contributed by atoms with Gasteiger partial charge >= 0.3 is 0 Å². The Morgan fingerprint density at radius 2 is 1.87 bits per heavy atom. The Balaban J connectivity index is 1.46. The number of aromatic nitrogens is 2. The molecule has 0 saturated carbocycles. The SMILES string of the molecule is Cc1nc2ccccc2c(=O)n1OCC(=O)NN=Cc1c(O)ccc2ccccc12. The van der Waals surface area contributed by atoms with Crippen molar-refractivity contribution < 1.29 is 14.7 Å². The number of nitrogens with one attached hydrogen (secondary N) is 1. The molecule has 1 heterocycles. The van der Waals surface area contributed by atoms with Gasteiger partial charge in [0.1, 0.15) is 11.6 Å². The van der Waals surface area contributed by atoms with Gasteiger partial charge in [0.15, 0.2) is 6.61 Å². The van der Waals surface area contributed by atoms with E-state index in [9.17, 15) is 14.7 Å². The van der Waals surface area contributed by atoms with E-state index in [1.54, 1.807) is 43.3 Å². The molecule has 0 fully saturated rings. The zero-order valence-electron chi connectivity index (χ0n) is 16.1. The predicted octanol–water partition coefficient (Wildman–Crippen LogP) is 2.14. The quantitative estimate of drug-likeness (QED) is 0.393. The molecule has 4 rings (SSSR count). The molecule has 0 bridgehead atoms. The minimum atomic E-state index is -0.564. The third-order valence-electron chi connectivity index (χ3n) is 4.55. The summed E-state index contributed by atoms with van der Waals surface area (Å²) in [5.74, 6) is -0.187. The Bertz CT molecular complexity index is 1340. The molecule has 1 amide bonds. The van der Waals surface area contributed by atoms with Crippen molar-refractivity contribution in [3.8, 4) is 5.75 Å². The molecule has 0 spiro atoms. The third-order valence-corrected chi connectivity index (χ3v) is 4.55. The van der Waals surface area contributed by atoms with Crippen LogP contribution in [0.4, 0.5) is 0 Å². The van der Waals surface area contributed by atoms with Gasteiger partial charge < -0.3 is 9.94 Å². The second kappa shape index (κ2) is 8.04. The van der Waals surface area contributed by atoms with Gasteiger partial charge in [0.25, 0.3) is 11.5 Å². The van der Waals surface area contributed by atoms with Crippen molar-refractivity contribution >= 4 is 33.8 Å². The first-order valence-electron chi connectivity index (χ1n) is 9.19. The Labute approximate surface area is 171 Å². The predicted molar refractivity (Wildman–Crippen MR) is 114 cm³/mol. The summed E-state index contributed by atoms with van der Waals surface area (Å²) >= 11 is 0. The van der Waals surface area contributed by atoms with Gasteiger partial charge in [0.2, 0.25) is 0 Å². The lowest BCUT2D eigenvalue weighted by molar-refractivity contribution is -0.126. The van der Waals surface area contributed by atoms with Gasteiger partial charge in [-0.25, -0.2) is 10.4 Å². The topological polar surface area (TPSA) is 106 Å². The summed E-state index contributed by atoms with van der Waals surface area (Å²) in [7, 11) is 0. The Morgan fingerprint density at radius 3 is 2.70 bits per heavy atom. The summed E-state index contributed by atoms with van der Waals surface area (Å²) in [4.78, 5) is 34.3. The highest BCUT2D eigenvalue weighted by Gasteiger charge is 2.10. The molecule has 0 aliphatic rings. The monoisotopic (exact) mass is 402 g/mol. The Kier molecular flexibility index (Phi) is 5.13. The van der Waals surface area contributed by atoms with Crippen LogP contribution in [-0.2, 0) is 4.79 Å². The van der Waals surface area contributed by atoms with Gasteiger partial charge in [0, 0.05) is 5.56 Å². The van der Waals surface area contributed by atoms with E-state index in [0.717, 1.165) is 15.5 Å². The number of aryl methyl sites for hydroxylation is 1. The minimum absolute atomic E-state index is 0.0485. The summed E-state index contributed by atoms with van der Waals surface area (Å²) in [6.07, 6.45) is 1.37. The number of phenolic OH excluding ortho intramolecular Hbond substituents is 1. The van der Waals surface area contributed by atoms with Crippen molar-refractivity contribution in [2.24, 2.45) is 5.10 Å². The van der Waals surface area contributed by atoms with E-state index >= 15 is 0 Å². The molecule has 0 aliphatic heterocycles. The van der Waals surface area contributed by atoms with Gasteiger partial charge in [-0.05, 0) is 35.9 Å². The summed E-state index contributed by atoms with van der Waals surface area (Å²) < 4.78 is 0.988. The summed E-state index contributed by atoms with van der Waals surface area (Å²) in [5.41, 5.74) is 2.98. The fraction of sp³-hybridized carbons (Fsp3) is 0.0909. The second-order valence-corrected chi connectivity index (χ2v) is 6.56. The van der Waals surface area contributed by atoms with Gasteiger partial charge in [-0.15, -0.1) is 4.73 Å². The molecule has 0 atom stereocenters. The molecule has 0 aliphatic carbocycles. The van der Waals surface area contributed by atoms with Crippen molar-refractivity contribution in [2.75, 3.05) is 6.61 Å². The minimum Gasteiger partial charge on any atom is -0.507 e. The number of nitrogens with zero attached hydrogens (tertiary/aromatic N) is 3. The van der Waals surface area contributed by atoms with Crippen LogP contribution in [0.5, 0.6) is 5.75 Å². The first-order chi connectivity index (χ1) is 14.5. The van der Waals surface area contributed by atoms with Gasteiger partial charge in [-0.3, -0.25) is 9.59 Å². The van der Waals surface area contributed by atoms with E-state index in [4.69, 9.17) is 4.84 Å². The van der Waals surface area contributed by atoms with Gasteiger partial charge in [-0.2, -0.15) is 5.10 Å². The number of hydrogen-bond donors (Lipinski definition) is 2. The van der Waals surface area contributed by atoms with Crippen LogP contribution in [0.1, 0.15) is 11.4 Å². The maximum Gasteiger partial charge on any atom is 0.294 e. The molecule has 0 radical (unpaired) electrons. The van der Waals surface area contributed by atoms with E-state index < -0.39 is 18.1 Å². The molecule has 1 aromatic heterocycles. The van der Waals surface area contributed by atoms with Crippen LogP contribution in [-0.4, -0.2) is 33.5 Å². The van der Waals surface area contributed by atoms with Gasteiger partial charge in [-0.1, -0.05) is 42.5 Å². The highest BCUT2D eigenvalue weighted by Crippen LogP contribution is 2.25. The number of hydrogen-bond acceptors (Lipinski definition) is 6. The second-order valence-electron chi connectivity index (χ2n) is 6.56. The van der Waals surface area contributed by atoms with Crippen molar-refractivity contribution in [2.45, 2.75) is 6.92 Å². The number of phenols is 1. The maximum absolute atomic E-state index is 12.5. The zero-order chi connectivity index (χ0) is 21.1. The van der Waals surface area contributed by atoms with Crippen molar-refractivity contribution in [1.82, 2.24) is 15.1 Å². The van der Waals surface area contributed by atoms with Crippen LogP contribution in [0, 0.1) is 6.92 Å². The summed E-state index contributed by atoms with van der Waals surface area (Å²) in [5, 5.41) is 16.1. The molecule has 4 aromatic rings. The average molecular weight is 402 g/mol. The number of benzene rings is 3. The first-order valence-corrected chi connectivity index (χ1v) is 9.19. The largest absolute Gasteiger partial charge is 0.507 e. The van der Waals surface area contributed by atoms with E-state index in [1.807, 2.05) is 24.3 Å². The Morgan fingerprint density at radius 1 is 1.13 bits per heavy atom. The molecule has 8 heteroatoms. The van der Waals surface area contributed by atoms with Crippen LogP contribution < -0.4 is 15.8 Å². The lowest BCUT2D eigenvalue weighted by Gasteiger charge is -2.11. The molecule has 2 N–H and O–H groups in total. The number of carbonyl (C=O) groups excluding carboxylic acids is 1. The lowest BCUT2D eigenvalue weighted by Crippen LogP contribution is -2.35. The summed E-state index contributed by atoms with van der Waals surface area (Å²) in [6, 6.07) is 17.8. The van der Waals surface area contributed by atoms with Crippen molar-refractivity contribution in [3.05, 3.63) is 82.4 Å². The number of amides is 1. The Hall–Kier alpha value is -4.20. The molecular formula is C22H18N4O4. The molecule has 150 valence electrons. The number of hydrazone groups is 1. The first kappa shape index (κ1) is 19.1. The smallest absolute Gasteiger partial charge is 0.294 e. The van der Waals surface area contributed by atoms with Crippen molar-refractivity contribution in [3.63, 3.8) is 0 Å². The lowest BCUT2D eigenvalue weighted by atomic mass is 10.0. The van der Waals surface area contributed by atoms with E-state index in [-0.39, 0.29) is 5.75 Å². The highest BCUT2D eigenvalue weighted by atomic mass is 16.7. The molecule has 0 saturated heterocycles. The van der Waals surface area contributed by atoms with E-state index in [2.05, 4.69) is 15.5 Å². The number of rotatable bonds is 5. The fourth-order valence-corrected chi connectivity index (χ4v) is 3.12. The van der Waals surface area contributed by atoms with Crippen LogP contribution in [0.15, 0.2) is 70.6 Å². The number of aromatic hydroxyl groups is 1.